The van der Waals surface area contributed by atoms with Crippen molar-refractivity contribution >= 4 is 29.0 Å². The highest BCUT2D eigenvalue weighted by Crippen LogP contribution is 2.28. The first-order valence-corrected chi connectivity index (χ1v) is 9.40. The second-order valence-corrected chi connectivity index (χ2v) is 7.32. The third-order valence-corrected chi connectivity index (χ3v) is 5.02. The zero-order chi connectivity index (χ0) is 20.3. The maximum absolute atomic E-state index is 13.1. The number of aryl methyl sites for hydroxylation is 1. The Morgan fingerprint density at radius 1 is 1.25 bits per heavy atom. The Bertz CT molecular complexity index is 995. The van der Waals surface area contributed by atoms with Gasteiger partial charge < -0.3 is 10.1 Å². The van der Waals surface area contributed by atoms with E-state index in [0.29, 0.717) is 27.0 Å². The summed E-state index contributed by atoms with van der Waals surface area (Å²) in [6, 6.07) is 7.59. The van der Waals surface area contributed by atoms with Gasteiger partial charge in [0, 0.05) is 17.7 Å². The maximum atomic E-state index is 13.1. The largest absolute Gasteiger partial charge is 0.451 e. The molecule has 0 aliphatic carbocycles. The molecule has 0 unspecified atom stereocenters. The number of thiazole rings is 1. The predicted molar refractivity (Wildman–Crippen MR) is 104 cm³/mol. The van der Waals surface area contributed by atoms with Crippen molar-refractivity contribution in [1.82, 2.24) is 14.8 Å². The predicted octanol–water partition coefficient (Wildman–Crippen LogP) is 3.83. The van der Waals surface area contributed by atoms with E-state index < -0.39 is 18.5 Å². The van der Waals surface area contributed by atoms with Crippen LogP contribution in [0, 0.1) is 12.7 Å². The average Bonchev–Trinajstić information content (AvgIpc) is 3.27. The first-order valence-electron chi connectivity index (χ1n) is 8.59. The molecule has 146 valence electrons. The first kappa shape index (κ1) is 19.7. The molecule has 2 heterocycles. The van der Waals surface area contributed by atoms with Crippen LogP contribution in [-0.2, 0) is 9.53 Å². The van der Waals surface area contributed by atoms with Crippen LogP contribution in [0.4, 0.5) is 10.2 Å². The van der Waals surface area contributed by atoms with E-state index in [1.54, 1.807) is 36.0 Å². The molecule has 0 fully saturated rings. The number of anilines is 1. The van der Waals surface area contributed by atoms with Gasteiger partial charge in [0.15, 0.2) is 6.61 Å². The van der Waals surface area contributed by atoms with Crippen LogP contribution in [0.1, 0.15) is 35.3 Å². The number of carbonyl (C=O) groups excluding carboxylic acids is 2. The van der Waals surface area contributed by atoms with E-state index in [1.165, 1.54) is 12.1 Å². The smallest absolute Gasteiger partial charge is 0.350 e. The van der Waals surface area contributed by atoms with Gasteiger partial charge in [-0.3, -0.25) is 4.79 Å². The van der Waals surface area contributed by atoms with Crippen molar-refractivity contribution in [2.24, 2.45) is 0 Å². The third-order valence-electron chi connectivity index (χ3n) is 3.83. The third kappa shape index (κ3) is 4.42. The van der Waals surface area contributed by atoms with Crippen LogP contribution in [0.15, 0.2) is 36.5 Å². The number of aromatic nitrogens is 3. The molecule has 0 aliphatic rings. The number of amides is 1. The zero-order valence-electron chi connectivity index (χ0n) is 15.6. The Labute approximate surface area is 165 Å². The lowest BCUT2D eigenvalue weighted by molar-refractivity contribution is -0.119. The van der Waals surface area contributed by atoms with Gasteiger partial charge in [0.1, 0.15) is 21.5 Å². The highest BCUT2D eigenvalue weighted by molar-refractivity contribution is 7.17. The number of nitrogens with one attached hydrogen (secondary N) is 1. The molecule has 1 N–H and O–H groups in total. The lowest BCUT2D eigenvalue weighted by Gasteiger charge is -2.11. The van der Waals surface area contributed by atoms with Crippen molar-refractivity contribution in [2.45, 2.75) is 26.8 Å². The average molecular weight is 402 g/mol. The molecule has 1 amide bonds. The fourth-order valence-corrected chi connectivity index (χ4v) is 3.47. The van der Waals surface area contributed by atoms with Crippen molar-refractivity contribution in [3.63, 3.8) is 0 Å². The Hall–Kier alpha value is -3.07. The standard InChI is InChI=1S/C19H19FN4O3S/c1-11(2)24-15(8-9-21-24)23-16(25)10-27-19(26)17-12(3)22-18(28-17)13-4-6-14(20)7-5-13/h4-9,11H,10H2,1-3H3,(H,23,25). The van der Waals surface area contributed by atoms with Gasteiger partial charge in [-0.1, -0.05) is 0 Å². The lowest BCUT2D eigenvalue weighted by atomic mass is 10.2. The van der Waals surface area contributed by atoms with Crippen molar-refractivity contribution in [3.8, 4) is 10.6 Å². The summed E-state index contributed by atoms with van der Waals surface area (Å²) in [7, 11) is 0. The molecule has 0 saturated heterocycles. The molecule has 0 bridgehead atoms. The number of benzene rings is 1. The maximum Gasteiger partial charge on any atom is 0.350 e. The van der Waals surface area contributed by atoms with Gasteiger partial charge in [-0.05, 0) is 45.0 Å². The molecule has 0 atom stereocenters. The van der Waals surface area contributed by atoms with E-state index in [-0.39, 0.29) is 11.9 Å². The Balaban J connectivity index is 1.62. The second-order valence-electron chi connectivity index (χ2n) is 6.32. The van der Waals surface area contributed by atoms with E-state index in [2.05, 4.69) is 15.4 Å². The minimum absolute atomic E-state index is 0.0811. The number of halogens is 1. The van der Waals surface area contributed by atoms with E-state index in [0.717, 1.165) is 11.3 Å². The molecule has 7 nitrogen and oxygen atoms in total. The van der Waals surface area contributed by atoms with Crippen molar-refractivity contribution < 1.29 is 18.7 Å². The van der Waals surface area contributed by atoms with E-state index in [1.807, 2.05) is 13.8 Å². The summed E-state index contributed by atoms with van der Waals surface area (Å²) >= 11 is 1.14. The highest BCUT2D eigenvalue weighted by Gasteiger charge is 2.19. The van der Waals surface area contributed by atoms with Crippen LogP contribution in [0.3, 0.4) is 0 Å². The number of rotatable bonds is 6. The molecule has 28 heavy (non-hydrogen) atoms. The summed E-state index contributed by atoms with van der Waals surface area (Å²) in [4.78, 5) is 29.1. The molecule has 9 heteroatoms. The molecular formula is C19H19FN4O3S. The Morgan fingerprint density at radius 2 is 1.96 bits per heavy atom. The number of carbonyl (C=O) groups is 2. The lowest BCUT2D eigenvalue weighted by Crippen LogP contribution is -2.23. The summed E-state index contributed by atoms with van der Waals surface area (Å²) in [5.41, 5.74) is 1.20. The van der Waals surface area contributed by atoms with Crippen LogP contribution in [0.25, 0.3) is 10.6 Å². The SMILES string of the molecule is Cc1nc(-c2ccc(F)cc2)sc1C(=O)OCC(=O)Nc1ccnn1C(C)C. The van der Waals surface area contributed by atoms with Crippen molar-refractivity contribution in [3.05, 3.63) is 52.9 Å². The summed E-state index contributed by atoms with van der Waals surface area (Å²) in [6.45, 7) is 5.13. The molecular weight excluding hydrogens is 383 g/mol. The van der Waals surface area contributed by atoms with Gasteiger partial charge >= 0.3 is 5.97 Å². The summed E-state index contributed by atoms with van der Waals surface area (Å²) in [5.74, 6) is -0.905. The minimum atomic E-state index is -0.629. The quantitative estimate of drug-likeness (QED) is 0.633. The molecule has 3 rings (SSSR count). The Morgan fingerprint density at radius 3 is 2.64 bits per heavy atom. The number of esters is 1. The molecule has 0 radical (unpaired) electrons. The summed E-state index contributed by atoms with van der Waals surface area (Å²) in [5, 5.41) is 7.37. The molecule has 0 aliphatic heterocycles. The number of hydrogen-bond donors (Lipinski definition) is 1. The van der Waals surface area contributed by atoms with Gasteiger partial charge in [-0.2, -0.15) is 5.10 Å². The van der Waals surface area contributed by atoms with Crippen LogP contribution in [0.2, 0.25) is 0 Å². The first-order chi connectivity index (χ1) is 13.3. The van der Waals surface area contributed by atoms with Crippen LogP contribution >= 0.6 is 11.3 Å². The van der Waals surface area contributed by atoms with Gasteiger partial charge in [0.2, 0.25) is 0 Å². The molecule has 2 aromatic heterocycles. The summed E-state index contributed by atoms with van der Waals surface area (Å²) < 4.78 is 19.8. The minimum Gasteiger partial charge on any atom is -0.451 e. The van der Waals surface area contributed by atoms with Gasteiger partial charge in [-0.15, -0.1) is 11.3 Å². The van der Waals surface area contributed by atoms with Gasteiger partial charge in [0.25, 0.3) is 5.91 Å². The number of hydrogen-bond acceptors (Lipinski definition) is 6. The highest BCUT2D eigenvalue weighted by atomic mass is 32.1. The normalized spacial score (nSPS) is 10.9. The fraction of sp³-hybridized carbons (Fsp3) is 0.263. The molecule has 1 aromatic carbocycles. The number of nitrogens with zero attached hydrogens (tertiary/aromatic N) is 3. The second kappa shape index (κ2) is 8.30. The molecule has 3 aromatic rings. The molecule has 0 spiro atoms. The number of ether oxygens (including phenoxy) is 1. The van der Waals surface area contributed by atoms with Crippen LogP contribution < -0.4 is 5.32 Å². The van der Waals surface area contributed by atoms with Gasteiger partial charge in [0.05, 0.1) is 11.9 Å². The fourth-order valence-electron chi connectivity index (χ4n) is 2.50. The van der Waals surface area contributed by atoms with Gasteiger partial charge in [-0.25, -0.2) is 18.9 Å². The monoisotopic (exact) mass is 402 g/mol. The van der Waals surface area contributed by atoms with E-state index in [9.17, 15) is 14.0 Å². The van der Waals surface area contributed by atoms with Crippen LogP contribution in [0.5, 0.6) is 0 Å². The Kier molecular flexibility index (Phi) is 5.84. The van der Waals surface area contributed by atoms with E-state index >= 15 is 0 Å². The topological polar surface area (TPSA) is 86.1 Å². The van der Waals surface area contributed by atoms with Crippen molar-refractivity contribution in [1.29, 1.82) is 0 Å². The van der Waals surface area contributed by atoms with E-state index in [4.69, 9.17) is 4.74 Å². The summed E-state index contributed by atoms with van der Waals surface area (Å²) in [6.07, 6.45) is 1.58. The van der Waals surface area contributed by atoms with Crippen molar-refractivity contribution in [2.75, 3.05) is 11.9 Å². The van der Waals surface area contributed by atoms with Crippen LogP contribution in [-0.4, -0.2) is 33.2 Å². The zero-order valence-corrected chi connectivity index (χ0v) is 16.4. The molecule has 0 saturated carbocycles.